The summed E-state index contributed by atoms with van der Waals surface area (Å²) in [5.74, 6) is -1.23. The van der Waals surface area contributed by atoms with Crippen molar-refractivity contribution in [1.82, 2.24) is 4.98 Å². The number of carbonyl (C=O) groups is 1. The summed E-state index contributed by atoms with van der Waals surface area (Å²) in [5.41, 5.74) is 0.346. The highest BCUT2D eigenvalue weighted by molar-refractivity contribution is 5.94. The number of methoxy groups -OCH3 is 1. The standard InChI is InChI=1S/C21H21F3N2O4/c1-10-5-12(21(22,23)24)8-13(6-10)26-20(28)18-15-9-14(27)19(30-15)17(18)11-3-4-25-16(7-11)29-2/h3-8,14-15,17-19,27H,9H2,1-2H3,(H,26,28)/t14-,15+,17+,18-,19-/m0/s1. The molecule has 2 aromatic rings. The number of amides is 1. The highest BCUT2D eigenvalue weighted by atomic mass is 19.4. The highest BCUT2D eigenvalue weighted by Crippen LogP contribution is 2.49. The van der Waals surface area contributed by atoms with Crippen LogP contribution in [0.2, 0.25) is 0 Å². The lowest BCUT2D eigenvalue weighted by Crippen LogP contribution is -2.41. The van der Waals surface area contributed by atoms with Crippen LogP contribution in [0.4, 0.5) is 18.9 Å². The van der Waals surface area contributed by atoms with Crippen LogP contribution in [0.1, 0.15) is 29.0 Å². The van der Waals surface area contributed by atoms with Crippen LogP contribution in [-0.2, 0) is 15.7 Å². The number of fused-ring (bicyclic) bond motifs is 2. The lowest BCUT2D eigenvalue weighted by Gasteiger charge is -2.30. The third kappa shape index (κ3) is 3.75. The molecule has 2 saturated heterocycles. The van der Waals surface area contributed by atoms with Crippen molar-refractivity contribution in [2.75, 3.05) is 12.4 Å². The number of ether oxygens (including phenoxy) is 2. The maximum Gasteiger partial charge on any atom is 0.416 e. The van der Waals surface area contributed by atoms with E-state index in [1.54, 1.807) is 12.1 Å². The predicted octanol–water partition coefficient (Wildman–Crippen LogP) is 3.29. The first-order valence-corrected chi connectivity index (χ1v) is 9.50. The van der Waals surface area contributed by atoms with Crippen molar-refractivity contribution in [3.05, 3.63) is 53.2 Å². The molecule has 2 N–H and O–H groups in total. The molecule has 6 nitrogen and oxygen atoms in total. The van der Waals surface area contributed by atoms with Gasteiger partial charge >= 0.3 is 6.18 Å². The Morgan fingerprint density at radius 2 is 2.07 bits per heavy atom. The monoisotopic (exact) mass is 422 g/mol. The SMILES string of the molecule is COc1cc([C@H]2[C@H]3O[C@H](C[C@@H]3O)[C@@H]2C(=O)Nc2cc(C)cc(C(F)(F)F)c2)ccn1. The number of aryl methyl sites for hydroxylation is 1. The molecule has 1 amide bonds. The largest absolute Gasteiger partial charge is 0.481 e. The minimum absolute atomic E-state index is 0.0710. The van der Waals surface area contributed by atoms with Crippen molar-refractivity contribution >= 4 is 11.6 Å². The Morgan fingerprint density at radius 3 is 2.77 bits per heavy atom. The zero-order valence-corrected chi connectivity index (χ0v) is 16.3. The normalized spacial score (nSPS) is 27.9. The van der Waals surface area contributed by atoms with Gasteiger partial charge in [0.15, 0.2) is 0 Å². The average molecular weight is 422 g/mol. The minimum Gasteiger partial charge on any atom is -0.481 e. The van der Waals surface area contributed by atoms with E-state index in [9.17, 15) is 23.1 Å². The Hall–Kier alpha value is -2.65. The average Bonchev–Trinajstić information content (AvgIpc) is 3.24. The number of rotatable bonds is 4. The summed E-state index contributed by atoms with van der Waals surface area (Å²) in [7, 11) is 1.47. The number of hydrogen-bond acceptors (Lipinski definition) is 5. The first-order chi connectivity index (χ1) is 14.2. The fourth-order valence-corrected chi connectivity index (χ4v) is 4.43. The zero-order valence-electron chi connectivity index (χ0n) is 16.3. The molecule has 0 unspecified atom stereocenters. The molecule has 1 aromatic heterocycles. The van der Waals surface area contributed by atoms with Gasteiger partial charge in [-0.3, -0.25) is 4.79 Å². The van der Waals surface area contributed by atoms with Gasteiger partial charge in [0, 0.05) is 30.3 Å². The Balaban J connectivity index is 1.63. The lowest BCUT2D eigenvalue weighted by molar-refractivity contribution is -0.137. The molecule has 0 aliphatic carbocycles. The number of alkyl halides is 3. The van der Waals surface area contributed by atoms with Crippen molar-refractivity contribution in [3.63, 3.8) is 0 Å². The van der Waals surface area contributed by atoms with E-state index in [-0.39, 0.29) is 5.69 Å². The van der Waals surface area contributed by atoms with Crippen LogP contribution >= 0.6 is 0 Å². The molecule has 5 atom stereocenters. The topological polar surface area (TPSA) is 80.7 Å². The first-order valence-electron chi connectivity index (χ1n) is 9.50. The summed E-state index contributed by atoms with van der Waals surface area (Å²) >= 11 is 0. The van der Waals surface area contributed by atoms with Gasteiger partial charge in [0.25, 0.3) is 0 Å². The van der Waals surface area contributed by atoms with Crippen LogP contribution in [0.15, 0.2) is 36.5 Å². The van der Waals surface area contributed by atoms with E-state index in [0.717, 1.165) is 12.1 Å². The van der Waals surface area contributed by atoms with Crippen LogP contribution in [0, 0.1) is 12.8 Å². The summed E-state index contributed by atoms with van der Waals surface area (Å²) in [4.78, 5) is 17.2. The predicted molar refractivity (Wildman–Crippen MR) is 101 cm³/mol. The molecule has 4 rings (SSSR count). The van der Waals surface area contributed by atoms with Crippen molar-refractivity contribution in [3.8, 4) is 5.88 Å². The van der Waals surface area contributed by atoms with Crippen molar-refractivity contribution < 1.29 is 32.5 Å². The molecule has 0 spiro atoms. The third-order valence-corrected chi connectivity index (χ3v) is 5.65. The van der Waals surface area contributed by atoms with Crippen LogP contribution in [0.25, 0.3) is 0 Å². The summed E-state index contributed by atoms with van der Waals surface area (Å²) < 4.78 is 50.4. The number of anilines is 1. The summed E-state index contributed by atoms with van der Waals surface area (Å²) in [6.07, 6.45) is -4.51. The number of pyridine rings is 1. The molecule has 0 saturated carbocycles. The van der Waals surface area contributed by atoms with Crippen molar-refractivity contribution in [2.45, 2.75) is 43.8 Å². The Morgan fingerprint density at radius 1 is 1.30 bits per heavy atom. The van der Waals surface area contributed by atoms with E-state index >= 15 is 0 Å². The smallest absolute Gasteiger partial charge is 0.416 e. The van der Waals surface area contributed by atoms with Gasteiger partial charge < -0.3 is 19.9 Å². The van der Waals surface area contributed by atoms with E-state index in [4.69, 9.17) is 9.47 Å². The van der Waals surface area contributed by atoms with Gasteiger partial charge in [-0.2, -0.15) is 13.2 Å². The molecule has 1 aromatic carbocycles. The van der Waals surface area contributed by atoms with Gasteiger partial charge in [-0.05, 0) is 42.3 Å². The number of aromatic nitrogens is 1. The van der Waals surface area contributed by atoms with Crippen molar-refractivity contribution in [2.24, 2.45) is 5.92 Å². The Labute approximate surface area is 171 Å². The lowest BCUT2D eigenvalue weighted by atomic mass is 9.74. The number of carbonyl (C=O) groups excluding carboxylic acids is 1. The first kappa shape index (κ1) is 20.6. The highest BCUT2D eigenvalue weighted by Gasteiger charge is 2.57. The molecular formula is C21H21F3N2O4. The van der Waals surface area contributed by atoms with Gasteiger partial charge in [-0.15, -0.1) is 0 Å². The van der Waals surface area contributed by atoms with Gasteiger partial charge in [0.2, 0.25) is 11.8 Å². The fourth-order valence-electron chi connectivity index (χ4n) is 4.43. The van der Waals surface area contributed by atoms with Crippen LogP contribution in [0.5, 0.6) is 5.88 Å². The molecule has 3 heterocycles. The quantitative estimate of drug-likeness (QED) is 0.791. The maximum atomic E-state index is 13.1. The second-order valence-corrected chi connectivity index (χ2v) is 7.70. The number of benzene rings is 1. The summed E-state index contributed by atoms with van der Waals surface area (Å²) in [5, 5.41) is 12.9. The van der Waals surface area contributed by atoms with E-state index < -0.39 is 47.8 Å². The minimum atomic E-state index is -4.51. The Bertz CT molecular complexity index is 966. The number of hydrogen-bond donors (Lipinski definition) is 2. The van der Waals surface area contributed by atoms with Crippen LogP contribution < -0.4 is 10.1 Å². The molecule has 2 bridgehead atoms. The Kier molecular flexibility index (Phi) is 5.19. The van der Waals surface area contributed by atoms with E-state index in [2.05, 4.69) is 10.3 Å². The fraction of sp³-hybridized carbons (Fsp3) is 0.429. The van der Waals surface area contributed by atoms with Gasteiger partial charge in [0.05, 0.1) is 36.9 Å². The molecule has 0 radical (unpaired) electrons. The van der Waals surface area contributed by atoms with E-state index in [1.807, 2.05) is 0 Å². The molecule has 2 aliphatic rings. The number of aliphatic hydroxyl groups excluding tert-OH is 1. The molecular weight excluding hydrogens is 401 g/mol. The second kappa shape index (κ2) is 7.55. The molecule has 2 aliphatic heterocycles. The summed E-state index contributed by atoms with van der Waals surface area (Å²) in [6, 6.07) is 6.83. The molecule has 30 heavy (non-hydrogen) atoms. The van der Waals surface area contributed by atoms with Gasteiger partial charge in [-0.1, -0.05) is 0 Å². The van der Waals surface area contributed by atoms with Crippen LogP contribution in [-0.4, -0.2) is 41.4 Å². The van der Waals surface area contributed by atoms with Crippen molar-refractivity contribution in [1.29, 1.82) is 0 Å². The van der Waals surface area contributed by atoms with Crippen LogP contribution in [0.3, 0.4) is 0 Å². The van der Waals surface area contributed by atoms with E-state index in [0.29, 0.717) is 23.4 Å². The molecule has 2 fully saturated rings. The van der Waals surface area contributed by atoms with E-state index in [1.165, 1.54) is 26.3 Å². The third-order valence-electron chi connectivity index (χ3n) is 5.65. The van der Waals surface area contributed by atoms with Gasteiger partial charge in [0.1, 0.15) is 0 Å². The molecule has 160 valence electrons. The number of nitrogens with one attached hydrogen (secondary N) is 1. The van der Waals surface area contributed by atoms with Gasteiger partial charge in [-0.25, -0.2) is 4.98 Å². The number of aliphatic hydroxyl groups is 1. The second-order valence-electron chi connectivity index (χ2n) is 7.70. The number of halogens is 3. The summed E-state index contributed by atoms with van der Waals surface area (Å²) in [6.45, 7) is 1.54. The maximum absolute atomic E-state index is 13.1. The molecule has 9 heteroatoms. The number of nitrogens with zero attached hydrogens (tertiary/aromatic N) is 1. The zero-order chi connectivity index (χ0) is 21.6.